The van der Waals surface area contributed by atoms with Gasteiger partial charge in [-0.25, -0.2) is 0 Å². The number of hydrogen-bond acceptors (Lipinski definition) is 0. The van der Waals surface area contributed by atoms with Crippen molar-refractivity contribution in [2.75, 3.05) is 0 Å². The smallest absolute Gasteiger partial charge is 0.0215 e. The Bertz CT molecular complexity index is 6060. The number of rotatable bonds is 31. The first-order chi connectivity index (χ1) is 59.9. The normalized spacial score (nSPS) is 16.0. The molecule has 18 rings (SSSR count). The molecule has 0 amide bonds. The van der Waals surface area contributed by atoms with Crippen LogP contribution in [0.2, 0.25) is 0 Å². The Morgan fingerprint density at radius 2 is 0.352 bits per heavy atom. The zero-order valence-electron chi connectivity index (χ0n) is 80.2. The van der Waals surface area contributed by atoms with Gasteiger partial charge in [0.2, 0.25) is 0 Å². The standard InChI is InChI=1S/C125H144/c1-22-121(23-2)112-69-88(93-36-45-103-99-39-28-85(19)66-111(99)123(115(103)74-93,60-52-79(7)8)61-53-80(9)10)32-43-101(112)102-44-33-89(70-113(102)121)94-37-48-106-104-46-34-90(72-116(104)124(118(106)75-94,62-54-81(11)12)63-55-82(13)14)86-29-40-97-98-41-30-87(68-110(98)120(20,21)109(97)67-86)91-35-47-105-107-49-38-95(76-119(107)125(117(105)73-91,64-56-83(15)16)65-57-84(17)18)92-31-42-100-96-26-24-25-27-108(96)122(114(100)71-92,58-50-77(3)4)59-51-78(5)6/h24-49,66-84H,22-23,50-65H2,1-21H3. The highest BCUT2D eigenvalue weighted by molar-refractivity contribution is 5.94. The fraction of sp³-hybridized carbons (Fsp3) is 0.424. The predicted octanol–water partition coefficient (Wildman–Crippen LogP) is 36.3. The van der Waals surface area contributed by atoms with Crippen molar-refractivity contribution in [3.05, 3.63) is 297 Å². The first-order valence-electron chi connectivity index (χ1n) is 49.6. The van der Waals surface area contributed by atoms with Crippen molar-refractivity contribution in [3.63, 3.8) is 0 Å². The molecular formula is C125H144. The van der Waals surface area contributed by atoms with Gasteiger partial charge in [-0.1, -0.05) is 308 Å². The summed E-state index contributed by atoms with van der Waals surface area (Å²) in [6.45, 7) is 51.1. The topological polar surface area (TPSA) is 0 Å². The van der Waals surface area contributed by atoms with Crippen LogP contribution in [0.4, 0.5) is 0 Å². The van der Waals surface area contributed by atoms with Crippen LogP contribution < -0.4 is 0 Å². The molecule has 6 aliphatic rings. The van der Waals surface area contributed by atoms with Crippen LogP contribution in [-0.2, 0) is 32.5 Å². The fourth-order valence-electron chi connectivity index (χ4n) is 25.0. The lowest BCUT2D eigenvalue weighted by atomic mass is 9.68. The van der Waals surface area contributed by atoms with Gasteiger partial charge >= 0.3 is 0 Å². The number of benzene rings is 12. The van der Waals surface area contributed by atoms with E-state index in [1.165, 1.54) is 244 Å². The minimum absolute atomic E-state index is 0.00886. The molecule has 0 saturated carbocycles. The molecule has 0 heteroatoms. The zero-order chi connectivity index (χ0) is 87.7. The molecule has 0 aromatic heterocycles. The van der Waals surface area contributed by atoms with E-state index in [0.29, 0.717) is 47.3 Å². The molecule has 0 spiro atoms. The van der Waals surface area contributed by atoms with Crippen LogP contribution in [0.1, 0.15) is 326 Å². The second-order valence-corrected chi connectivity index (χ2v) is 44.4. The van der Waals surface area contributed by atoms with Gasteiger partial charge in [0.25, 0.3) is 0 Å². The summed E-state index contributed by atoms with van der Waals surface area (Å²) in [6.07, 6.45) is 21.0. The van der Waals surface area contributed by atoms with E-state index < -0.39 is 0 Å². The molecule has 644 valence electrons. The number of hydrogen-bond donors (Lipinski definition) is 0. The highest BCUT2D eigenvalue weighted by Crippen LogP contribution is 2.64. The van der Waals surface area contributed by atoms with Crippen LogP contribution in [-0.4, -0.2) is 0 Å². The molecule has 0 aliphatic heterocycles. The van der Waals surface area contributed by atoms with Crippen LogP contribution in [0.15, 0.2) is 224 Å². The summed E-state index contributed by atoms with van der Waals surface area (Å²) in [6, 6.07) is 93.0. The van der Waals surface area contributed by atoms with E-state index in [0.717, 1.165) is 38.5 Å². The average Bonchev–Trinajstić information content (AvgIpc) is 1.56. The maximum absolute atomic E-state index is 2.68. The third-order valence-corrected chi connectivity index (χ3v) is 32.6. The second kappa shape index (κ2) is 33.4. The van der Waals surface area contributed by atoms with E-state index in [-0.39, 0.29) is 32.5 Å². The maximum Gasteiger partial charge on any atom is 0.0215 e. The molecule has 6 aliphatic carbocycles. The molecule has 12 aromatic carbocycles. The molecule has 0 unspecified atom stereocenters. The summed E-state index contributed by atoms with van der Waals surface area (Å²) < 4.78 is 0. The van der Waals surface area contributed by atoms with Crippen molar-refractivity contribution >= 4 is 0 Å². The second-order valence-electron chi connectivity index (χ2n) is 44.4. The van der Waals surface area contributed by atoms with Gasteiger partial charge in [0.05, 0.1) is 0 Å². The highest BCUT2D eigenvalue weighted by Gasteiger charge is 2.50. The maximum atomic E-state index is 2.68. The molecule has 0 heterocycles. The molecule has 0 nitrogen and oxygen atoms in total. The zero-order valence-corrected chi connectivity index (χ0v) is 80.2. The Kier molecular flexibility index (Phi) is 23.1. The van der Waals surface area contributed by atoms with E-state index in [1.54, 1.807) is 27.8 Å². The molecule has 0 N–H and O–H groups in total. The molecule has 0 atom stereocenters. The van der Waals surface area contributed by atoms with Crippen LogP contribution >= 0.6 is 0 Å². The fourth-order valence-corrected chi connectivity index (χ4v) is 25.0. The van der Waals surface area contributed by atoms with Crippen molar-refractivity contribution in [1.29, 1.82) is 0 Å². The summed E-state index contributed by atoms with van der Waals surface area (Å²) in [5.41, 5.74) is 49.5. The number of aryl methyl sites for hydroxylation is 1. The predicted molar refractivity (Wildman–Crippen MR) is 540 cm³/mol. The molecule has 0 fully saturated rings. The number of fused-ring (bicyclic) bond motifs is 18. The SMILES string of the molecule is CCC1(CC)c2cc(-c3ccc4c(c3)C(CCC(C)C)(CCC(C)C)c3cc(C)ccc3-4)ccc2-c2ccc(-c3ccc4c(c3)C(CCC(C)C)(CCC(C)C)c3cc(-c5ccc6c(c5)C(C)(C)c5cc(-c7ccc8c(c7)C(CCC(C)C)(CCC(C)C)c7cc(-c9ccc%10c(c9)C(CCC(C)C)(CCC(C)C)c9ccccc9-%10)ccc7-8)ccc5-6)ccc3-4)cc21. The van der Waals surface area contributed by atoms with Crippen molar-refractivity contribution in [3.8, 4) is 122 Å². The van der Waals surface area contributed by atoms with Crippen molar-refractivity contribution in [2.24, 2.45) is 47.3 Å². The van der Waals surface area contributed by atoms with Gasteiger partial charge in [0.15, 0.2) is 0 Å². The molecule has 0 saturated heterocycles. The van der Waals surface area contributed by atoms with Gasteiger partial charge in [-0.3, -0.25) is 0 Å². The highest BCUT2D eigenvalue weighted by atomic mass is 14.5. The first kappa shape index (κ1) is 86.4. The third-order valence-electron chi connectivity index (χ3n) is 32.6. The van der Waals surface area contributed by atoms with Gasteiger partial charge < -0.3 is 0 Å². The molecule has 0 radical (unpaired) electrons. The van der Waals surface area contributed by atoms with Crippen molar-refractivity contribution in [2.45, 2.75) is 293 Å². The van der Waals surface area contributed by atoms with Crippen LogP contribution in [0.3, 0.4) is 0 Å². The average molecular weight is 1650 g/mol. The Morgan fingerprint density at radius 1 is 0.184 bits per heavy atom. The molecule has 0 bridgehead atoms. The van der Waals surface area contributed by atoms with E-state index in [2.05, 4.69) is 370 Å². The van der Waals surface area contributed by atoms with Crippen LogP contribution in [0.25, 0.3) is 122 Å². The Balaban J connectivity index is 0.660. The van der Waals surface area contributed by atoms with Crippen LogP contribution in [0.5, 0.6) is 0 Å². The molecule has 125 heavy (non-hydrogen) atoms. The lowest BCUT2D eigenvalue weighted by molar-refractivity contribution is 0.364. The van der Waals surface area contributed by atoms with E-state index in [4.69, 9.17) is 0 Å². The largest absolute Gasteiger partial charge is 0.0642 e. The van der Waals surface area contributed by atoms with Gasteiger partial charge in [0, 0.05) is 32.5 Å². The summed E-state index contributed by atoms with van der Waals surface area (Å²) in [5, 5.41) is 0. The summed E-state index contributed by atoms with van der Waals surface area (Å²) in [4.78, 5) is 0. The van der Waals surface area contributed by atoms with Gasteiger partial charge in [0.1, 0.15) is 0 Å². The van der Waals surface area contributed by atoms with Crippen molar-refractivity contribution < 1.29 is 0 Å². The summed E-state index contributed by atoms with van der Waals surface area (Å²) in [7, 11) is 0. The summed E-state index contributed by atoms with van der Waals surface area (Å²) in [5.74, 6) is 4.93. The minimum Gasteiger partial charge on any atom is -0.0642 e. The Morgan fingerprint density at radius 3 is 0.568 bits per heavy atom. The van der Waals surface area contributed by atoms with E-state index in [1.807, 2.05) is 0 Å². The Labute approximate surface area is 754 Å². The summed E-state index contributed by atoms with van der Waals surface area (Å²) >= 11 is 0. The van der Waals surface area contributed by atoms with Gasteiger partial charge in [-0.05, 0) is 420 Å². The third kappa shape index (κ3) is 14.7. The van der Waals surface area contributed by atoms with Gasteiger partial charge in [-0.15, -0.1) is 0 Å². The lowest BCUT2D eigenvalue weighted by Gasteiger charge is -2.35. The molecule has 12 aromatic rings. The van der Waals surface area contributed by atoms with Crippen molar-refractivity contribution in [1.82, 2.24) is 0 Å². The minimum atomic E-state index is -0.218. The van der Waals surface area contributed by atoms with E-state index >= 15 is 0 Å². The Hall–Kier alpha value is -9.36. The van der Waals surface area contributed by atoms with E-state index in [9.17, 15) is 0 Å². The van der Waals surface area contributed by atoms with Gasteiger partial charge in [-0.2, -0.15) is 0 Å². The molecular weight excluding hydrogens is 1500 g/mol. The quantitative estimate of drug-likeness (QED) is 0.0406. The first-order valence-corrected chi connectivity index (χ1v) is 49.6. The van der Waals surface area contributed by atoms with Crippen LogP contribution in [0, 0.1) is 54.3 Å². The monoisotopic (exact) mass is 1650 g/mol. The lowest BCUT2D eigenvalue weighted by Crippen LogP contribution is -2.27.